The van der Waals surface area contributed by atoms with Crippen molar-refractivity contribution < 1.29 is 0 Å². The molecule has 122 valence electrons. The summed E-state index contributed by atoms with van der Waals surface area (Å²) in [5, 5.41) is 4.01. The van der Waals surface area contributed by atoms with Gasteiger partial charge in [-0.1, -0.05) is 27.2 Å². The van der Waals surface area contributed by atoms with E-state index in [9.17, 15) is 0 Å². The first-order valence-electron chi connectivity index (χ1n) is 9.51. The van der Waals surface area contributed by atoms with E-state index in [1.807, 2.05) is 0 Å². The van der Waals surface area contributed by atoms with Crippen LogP contribution in [0.2, 0.25) is 0 Å². The second-order valence-electron chi connectivity index (χ2n) is 8.77. The monoisotopic (exact) mass is 292 g/mol. The molecule has 2 unspecified atom stereocenters. The lowest BCUT2D eigenvalue weighted by Crippen LogP contribution is -2.43. The quantitative estimate of drug-likeness (QED) is 0.817. The second-order valence-corrected chi connectivity index (χ2v) is 8.77. The summed E-state index contributed by atoms with van der Waals surface area (Å²) in [5.74, 6) is 0.950. The molecule has 0 aromatic carbocycles. The Bertz CT molecular complexity index is 339. The van der Waals surface area contributed by atoms with Gasteiger partial charge in [0.1, 0.15) is 0 Å². The fraction of sp³-hybridized carbons (Fsp3) is 1.00. The lowest BCUT2D eigenvalue weighted by Gasteiger charge is -2.39. The highest BCUT2D eigenvalue weighted by Crippen LogP contribution is 2.41. The predicted octanol–water partition coefficient (Wildman–Crippen LogP) is 4.20. The third kappa shape index (κ3) is 3.64. The summed E-state index contributed by atoms with van der Waals surface area (Å²) in [7, 11) is 0. The van der Waals surface area contributed by atoms with Gasteiger partial charge in [0.15, 0.2) is 0 Å². The van der Waals surface area contributed by atoms with Crippen LogP contribution in [-0.4, -0.2) is 35.6 Å². The Balaban J connectivity index is 1.43. The molecule has 2 saturated carbocycles. The Morgan fingerprint density at radius 1 is 1.00 bits per heavy atom. The standard InChI is InChI=1S/C19H36N2/c1-5-19(3,4)15-6-8-16(9-7-15)20-17-12-14(2)21(13-17)18-10-11-18/h14-18,20H,5-13H2,1-4H3. The van der Waals surface area contributed by atoms with E-state index in [4.69, 9.17) is 0 Å². The number of nitrogens with one attached hydrogen (secondary N) is 1. The first-order chi connectivity index (χ1) is 9.99. The van der Waals surface area contributed by atoms with Gasteiger partial charge >= 0.3 is 0 Å². The van der Waals surface area contributed by atoms with Crippen molar-refractivity contribution in [2.24, 2.45) is 11.3 Å². The Kier molecular flexibility index (Phi) is 4.66. The number of hydrogen-bond donors (Lipinski definition) is 1. The zero-order chi connectivity index (χ0) is 15.0. The normalized spacial score (nSPS) is 38.9. The van der Waals surface area contributed by atoms with Crippen LogP contribution < -0.4 is 5.32 Å². The number of hydrogen-bond acceptors (Lipinski definition) is 2. The lowest BCUT2D eigenvalue weighted by atomic mass is 9.69. The van der Waals surface area contributed by atoms with Crippen molar-refractivity contribution in [1.29, 1.82) is 0 Å². The zero-order valence-corrected chi connectivity index (χ0v) is 14.7. The fourth-order valence-electron chi connectivity index (χ4n) is 4.76. The predicted molar refractivity (Wildman–Crippen MR) is 90.5 cm³/mol. The molecule has 2 atom stereocenters. The highest BCUT2D eigenvalue weighted by atomic mass is 15.3. The summed E-state index contributed by atoms with van der Waals surface area (Å²) < 4.78 is 0. The van der Waals surface area contributed by atoms with Crippen LogP contribution >= 0.6 is 0 Å². The van der Waals surface area contributed by atoms with Gasteiger partial charge in [0.25, 0.3) is 0 Å². The molecule has 2 nitrogen and oxygen atoms in total. The van der Waals surface area contributed by atoms with E-state index >= 15 is 0 Å². The van der Waals surface area contributed by atoms with Crippen LogP contribution in [0.5, 0.6) is 0 Å². The van der Waals surface area contributed by atoms with Crippen molar-refractivity contribution in [3.05, 3.63) is 0 Å². The average molecular weight is 293 g/mol. The van der Waals surface area contributed by atoms with E-state index in [0.717, 1.165) is 30.1 Å². The smallest absolute Gasteiger partial charge is 0.0212 e. The molecular formula is C19H36N2. The van der Waals surface area contributed by atoms with Crippen LogP contribution in [0.3, 0.4) is 0 Å². The summed E-state index contributed by atoms with van der Waals surface area (Å²) >= 11 is 0. The molecule has 2 heteroatoms. The summed E-state index contributed by atoms with van der Waals surface area (Å²) in [5.41, 5.74) is 0.551. The molecule has 1 heterocycles. The van der Waals surface area contributed by atoms with Gasteiger partial charge in [-0.2, -0.15) is 0 Å². The van der Waals surface area contributed by atoms with Crippen molar-refractivity contribution in [1.82, 2.24) is 10.2 Å². The maximum absolute atomic E-state index is 4.01. The first kappa shape index (κ1) is 15.8. The van der Waals surface area contributed by atoms with E-state index in [2.05, 4.69) is 37.9 Å². The van der Waals surface area contributed by atoms with Crippen molar-refractivity contribution in [3.8, 4) is 0 Å². The van der Waals surface area contributed by atoms with Gasteiger partial charge in [0.2, 0.25) is 0 Å². The second kappa shape index (κ2) is 6.20. The maximum atomic E-state index is 4.01. The lowest BCUT2D eigenvalue weighted by molar-refractivity contribution is 0.134. The molecule has 0 radical (unpaired) electrons. The summed E-state index contributed by atoms with van der Waals surface area (Å²) in [6, 6.07) is 3.31. The summed E-state index contributed by atoms with van der Waals surface area (Å²) in [4.78, 5) is 2.77. The van der Waals surface area contributed by atoms with Crippen LogP contribution in [0.25, 0.3) is 0 Å². The van der Waals surface area contributed by atoms with E-state index in [-0.39, 0.29) is 0 Å². The number of rotatable bonds is 5. The van der Waals surface area contributed by atoms with Gasteiger partial charge in [0, 0.05) is 30.7 Å². The molecule has 2 aliphatic carbocycles. The molecule has 1 saturated heterocycles. The van der Waals surface area contributed by atoms with Crippen LogP contribution in [0.4, 0.5) is 0 Å². The molecule has 1 aliphatic heterocycles. The van der Waals surface area contributed by atoms with E-state index in [0.29, 0.717) is 5.41 Å². The van der Waals surface area contributed by atoms with Gasteiger partial charge in [-0.3, -0.25) is 4.90 Å². The van der Waals surface area contributed by atoms with Crippen LogP contribution in [0, 0.1) is 11.3 Å². The van der Waals surface area contributed by atoms with E-state index in [1.165, 1.54) is 57.9 Å². The number of nitrogens with zero attached hydrogens (tertiary/aromatic N) is 1. The van der Waals surface area contributed by atoms with Crippen LogP contribution in [0.1, 0.15) is 79.1 Å². The third-order valence-corrected chi connectivity index (χ3v) is 6.85. The van der Waals surface area contributed by atoms with Gasteiger partial charge in [-0.05, 0) is 63.2 Å². The van der Waals surface area contributed by atoms with Crippen molar-refractivity contribution in [2.75, 3.05) is 6.54 Å². The first-order valence-corrected chi connectivity index (χ1v) is 9.51. The maximum Gasteiger partial charge on any atom is 0.0212 e. The van der Waals surface area contributed by atoms with Gasteiger partial charge < -0.3 is 5.32 Å². The Morgan fingerprint density at radius 2 is 1.67 bits per heavy atom. The third-order valence-electron chi connectivity index (χ3n) is 6.85. The van der Waals surface area contributed by atoms with E-state index < -0.39 is 0 Å². The average Bonchev–Trinajstić information content (AvgIpc) is 3.24. The molecule has 1 N–H and O–H groups in total. The Morgan fingerprint density at radius 3 is 2.24 bits per heavy atom. The molecule has 0 amide bonds. The highest BCUT2D eigenvalue weighted by Gasteiger charge is 2.39. The topological polar surface area (TPSA) is 15.3 Å². The molecule has 0 spiro atoms. The van der Waals surface area contributed by atoms with Gasteiger partial charge in [0.05, 0.1) is 0 Å². The minimum Gasteiger partial charge on any atom is -0.310 e. The van der Waals surface area contributed by atoms with Crippen molar-refractivity contribution >= 4 is 0 Å². The van der Waals surface area contributed by atoms with Gasteiger partial charge in [-0.25, -0.2) is 0 Å². The summed E-state index contributed by atoms with van der Waals surface area (Å²) in [6.07, 6.45) is 11.3. The summed E-state index contributed by atoms with van der Waals surface area (Å²) in [6.45, 7) is 11.0. The molecule has 0 aromatic heterocycles. The SMILES string of the molecule is CCC(C)(C)C1CCC(NC2CC(C)N(C3CC3)C2)CC1. The largest absolute Gasteiger partial charge is 0.310 e. The number of likely N-dealkylation sites (tertiary alicyclic amines) is 1. The van der Waals surface area contributed by atoms with Crippen molar-refractivity contribution in [2.45, 2.75) is 103 Å². The molecule has 0 bridgehead atoms. The minimum atomic E-state index is 0.551. The molecular weight excluding hydrogens is 256 g/mol. The Labute approximate surface area is 132 Å². The molecule has 21 heavy (non-hydrogen) atoms. The zero-order valence-electron chi connectivity index (χ0n) is 14.7. The van der Waals surface area contributed by atoms with E-state index in [1.54, 1.807) is 0 Å². The fourth-order valence-corrected chi connectivity index (χ4v) is 4.76. The molecule has 3 rings (SSSR count). The molecule has 0 aromatic rings. The van der Waals surface area contributed by atoms with Crippen molar-refractivity contribution in [3.63, 3.8) is 0 Å². The van der Waals surface area contributed by atoms with Crippen LogP contribution in [0.15, 0.2) is 0 Å². The highest BCUT2D eigenvalue weighted by molar-refractivity contribution is 4.97. The molecule has 3 aliphatic rings. The molecule has 3 fully saturated rings. The minimum absolute atomic E-state index is 0.551. The van der Waals surface area contributed by atoms with Crippen LogP contribution in [-0.2, 0) is 0 Å². The Hall–Kier alpha value is -0.0800. The van der Waals surface area contributed by atoms with Gasteiger partial charge in [-0.15, -0.1) is 0 Å².